The zero-order valence-corrected chi connectivity index (χ0v) is 9.61. The summed E-state index contributed by atoms with van der Waals surface area (Å²) in [6.45, 7) is 1.55. The molecule has 0 heterocycles. The number of carboxylic acid groups (broad SMARTS) is 1. The molecule has 6 heteroatoms. The summed E-state index contributed by atoms with van der Waals surface area (Å²) in [5, 5.41) is 18.6. The molecule has 0 radical (unpaired) electrons. The second-order valence-electron chi connectivity index (χ2n) is 3.92. The van der Waals surface area contributed by atoms with Crippen LogP contribution in [-0.4, -0.2) is 16.2 Å². The number of benzene rings is 1. The highest BCUT2D eigenvalue weighted by Gasteiger charge is 2.32. The van der Waals surface area contributed by atoms with Gasteiger partial charge in [-0.3, -0.25) is 4.79 Å². The highest BCUT2D eigenvalue weighted by Crippen LogP contribution is 2.32. The van der Waals surface area contributed by atoms with Crippen LogP contribution in [0, 0.1) is 5.92 Å². The molecule has 2 atom stereocenters. The smallest absolute Gasteiger partial charge is 0.416 e. The van der Waals surface area contributed by atoms with Crippen LogP contribution in [0.25, 0.3) is 0 Å². The van der Waals surface area contributed by atoms with Gasteiger partial charge in [-0.05, 0) is 24.1 Å². The van der Waals surface area contributed by atoms with Gasteiger partial charge in [-0.15, -0.1) is 0 Å². The van der Waals surface area contributed by atoms with E-state index in [1.54, 1.807) is 6.92 Å². The lowest BCUT2D eigenvalue weighted by Crippen LogP contribution is -2.21. The molecule has 18 heavy (non-hydrogen) atoms. The van der Waals surface area contributed by atoms with Gasteiger partial charge in [-0.2, -0.15) is 13.2 Å². The number of hydrogen-bond acceptors (Lipinski definition) is 2. The maximum Gasteiger partial charge on any atom is 0.416 e. The quantitative estimate of drug-likeness (QED) is 0.877. The SMILES string of the molecule is CCC(C(=O)O)C(O)c1cccc(C(F)(F)F)c1. The largest absolute Gasteiger partial charge is 0.481 e. The van der Waals surface area contributed by atoms with Crippen LogP contribution in [0.2, 0.25) is 0 Å². The first-order valence-electron chi connectivity index (χ1n) is 5.35. The Kier molecular flexibility index (Phi) is 4.34. The molecule has 1 rings (SSSR count). The maximum absolute atomic E-state index is 12.5. The van der Waals surface area contributed by atoms with Crippen LogP contribution in [0.1, 0.15) is 30.6 Å². The number of halogens is 3. The molecule has 0 aliphatic heterocycles. The molecule has 0 aliphatic rings. The molecule has 1 aromatic carbocycles. The number of carbonyl (C=O) groups is 1. The summed E-state index contributed by atoms with van der Waals surface area (Å²) in [7, 11) is 0. The average molecular weight is 262 g/mol. The Labute approximate surface area is 102 Å². The fourth-order valence-electron chi connectivity index (χ4n) is 1.66. The Bertz CT molecular complexity index is 429. The Morgan fingerprint density at radius 2 is 2.00 bits per heavy atom. The number of aliphatic hydroxyl groups excluding tert-OH is 1. The van der Waals surface area contributed by atoms with Gasteiger partial charge in [0.2, 0.25) is 0 Å². The van der Waals surface area contributed by atoms with E-state index in [1.807, 2.05) is 0 Å². The number of hydrogen-bond donors (Lipinski definition) is 2. The molecule has 1 aromatic rings. The van der Waals surface area contributed by atoms with Gasteiger partial charge in [0, 0.05) is 0 Å². The number of carboxylic acids is 1. The molecule has 3 nitrogen and oxygen atoms in total. The number of aliphatic carboxylic acids is 1. The van der Waals surface area contributed by atoms with Gasteiger partial charge in [0.25, 0.3) is 0 Å². The van der Waals surface area contributed by atoms with Crippen molar-refractivity contribution >= 4 is 5.97 Å². The van der Waals surface area contributed by atoms with Crippen LogP contribution < -0.4 is 0 Å². The van der Waals surface area contributed by atoms with Crippen molar-refractivity contribution in [2.45, 2.75) is 25.6 Å². The Hall–Kier alpha value is -1.56. The summed E-state index contributed by atoms with van der Waals surface area (Å²) in [6, 6.07) is 4.08. The molecule has 0 saturated heterocycles. The number of aliphatic hydroxyl groups is 1. The molecular formula is C12H13F3O3. The van der Waals surface area contributed by atoms with Gasteiger partial charge < -0.3 is 10.2 Å². The van der Waals surface area contributed by atoms with Crippen LogP contribution in [0.5, 0.6) is 0 Å². The summed E-state index contributed by atoms with van der Waals surface area (Å²) >= 11 is 0. The first-order valence-corrected chi connectivity index (χ1v) is 5.35. The second kappa shape index (κ2) is 5.39. The van der Waals surface area contributed by atoms with Crippen LogP contribution in [0.15, 0.2) is 24.3 Å². The Balaban J connectivity index is 3.06. The van der Waals surface area contributed by atoms with Crippen LogP contribution in [-0.2, 0) is 11.0 Å². The summed E-state index contributed by atoms with van der Waals surface area (Å²) in [5.41, 5.74) is -0.946. The lowest BCUT2D eigenvalue weighted by Gasteiger charge is -2.19. The fourth-order valence-corrected chi connectivity index (χ4v) is 1.66. The third-order valence-corrected chi connectivity index (χ3v) is 2.69. The molecule has 0 bridgehead atoms. The molecule has 0 saturated carbocycles. The minimum atomic E-state index is -4.51. The lowest BCUT2D eigenvalue weighted by atomic mass is 9.92. The molecular weight excluding hydrogens is 249 g/mol. The van der Waals surface area contributed by atoms with Crippen molar-refractivity contribution in [3.8, 4) is 0 Å². The summed E-state index contributed by atoms with van der Waals surface area (Å²) < 4.78 is 37.4. The van der Waals surface area contributed by atoms with Crippen LogP contribution >= 0.6 is 0 Å². The number of alkyl halides is 3. The van der Waals surface area contributed by atoms with E-state index in [0.29, 0.717) is 0 Å². The molecule has 0 amide bonds. The summed E-state index contributed by atoms with van der Waals surface area (Å²) in [4.78, 5) is 10.8. The van der Waals surface area contributed by atoms with Crippen LogP contribution in [0.4, 0.5) is 13.2 Å². The van der Waals surface area contributed by atoms with Gasteiger partial charge >= 0.3 is 12.1 Å². The lowest BCUT2D eigenvalue weighted by molar-refractivity contribution is -0.146. The highest BCUT2D eigenvalue weighted by molar-refractivity contribution is 5.71. The van der Waals surface area contributed by atoms with Gasteiger partial charge in [0.05, 0.1) is 17.6 Å². The third kappa shape index (κ3) is 3.22. The molecule has 2 N–H and O–H groups in total. The van der Waals surface area contributed by atoms with Crippen LogP contribution in [0.3, 0.4) is 0 Å². The topological polar surface area (TPSA) is 57.5 Å². The van der Waals surface area contributed by atoms with E-state index >= 15 is 0 Å². The van der Waals surface area contributed by atoms with Crippen molar-refractivity contribution in [2.24, 2.45) is 5.92 Å². The van der Waals surface area contributed by atoms with Gasteiger partial charge in [-0.25, -0.2) is 0 Å². The highest BCUT2D eigenvalue weighted by atomic mass is 19.4. The van der Waals surface area contributed by atoms with Crippen molar-refractivity contribution in [2.75, 3.05) is 0 Å². The molecule has 0 aliphatic carbocycles. The van der Waals surface area contributed by atoms with Crippen molar-refractivity contribution in [3.63, 3.8) is 0 Å². The third-order valence-electron chi connectivity index (χ3n) is 2.69. The van der Waals surface area contributed by atoms with E-state index in [9.17, 15) is 23.1 Å². The molecule has 100 valence electrons. The monoisotopic (exact) mass is 262 g/mol. The van der Waals surface area contributed by atoms with E-state index in [1.165, 1.54) is 6.07 Å². The standard InChI is InChI=1S/C12H13F3O3/c1-2-9(11(17)18)10(16)7-4-3-5-8(6-7)12(13,14)15/h3-6,9-10,16H,2H2,1H3,(H,17,18). The first kappa shape index (κ1) is 14.5. The zero-order chi connectivity index (χ0) is 13.9. The van der Waals surface area contributed by atoms with E-state index < -0.39 is 29.7 Å². The maximum atomic E-state index is 12.5. The van der Waals surface area contributed by atoms with E-state index in [2.05, 4.69) is 0 Å². The van der Waals surface area contributed by atoms with Crippen molar-refractivity contribution < 1.29 is 28.2 Å². The van der Waals surface area contributed by atoms with E-state index in [-0.39, 0.29) is 12.0 Å². The van der Waals surface area contributed by atoms with Gasteiger partial charge in [0.15, 0.2) is 0 Å². The Morgan fingerprint density at radius 1 is 1.39 bits per heavy atom. The zero-order valence-electron chi connectivity index (χ0n) is 9.61. The van der Waals surface area contributed by atoms with Crippen molar-refractivity contribution in [1.82, 2.24) is 0 Å². The van der Waals surface area contributed by atoms with Crippen molar-refractivity contribution in [3.05, 3.63) is 35.4 Å². The predicted molar refractivity (Wildman–Crippen MR) is 57.8 cm³/mol. The minimum absolute atomic E-state index is 0.0425. The second-order valence-corrected chi connectivity index (χ2v) is 3.92. The minimum Gasteiger partial charge on any atom is -0.481 e. The summed E-state index contributed by atoms with van der Waals surface area (Å²) in [6.07, 6.45) is -5.83. The first-order chi connectivity index (χ1) is 8.27. The molecule has 0 spiro atoms. The average Bonchev–Trinajstić information content (AvgIpc) is 2.28. The summed E-state index contributed by atoms with van der Waals surface area (Å²) in [5.74, 6) is -2.35. The molecule has 0 aromatic heterocycles. The fraction of sp³-hybridized carbons (Fsp3) is 0.417. The predicted octanol–water partition coefficient (Wildman–Crippen LogP) is 2.85. The van der Waals surface area contributed by atoms with Gasteiger partial charge in [-0.1, -0.05) is 19.1 Å². The van der Waals surface area contributed by atoms with Gasteiger partial charge in [0.1, 0.15) is 0 Å². The Morgan fingerprint density at radius 3 is 2.44 bits per heavy atom. The van der Waals surface area contributed by atoms with E-state index in [0.717, 1.165) is 18.2 Å². The molecule has 0 fully saturated rings. The normalized spacial score (nSPS) is 15.2. The molecule has 2 unspecified atom stereocenters. The number of rotatable bonds is 4. The van der Waals surface area contributed by atoms with E-state index in [4.69, 9.17) is 5.11 Å². The van der Waals surface area contributed by atoms with Crippen molar-refractivity contribution in [1.29, 1.82) is 0 Å².